The van der Waals surface area contributed by atoms with Crippen molar-refractivity contribution in [2.75, 3.05) is 20.2 Å². The number of ether oxygens (including phenoxy) is 1. The molecule has 3 rings (SSSR count). The monoisotopic (exact) mass is 360 g/mol. The van der Waals surface area contributed by atoms with Gasteiger partial charge >= 0.3 is 5.97 Å². The molecule has 9 heteroatoms. The summed E-state index contributed by atoms with van der Waals surface area (Å²) in [6, 6.07) is 4.91. The largest absolute Gasteiger partial charge is 0.469 e. The number of esters is 1. The molecule has 1 aliphatic heterocycles. The quantitative estimate of drug-likeness (QED) is 0.568. The molecular weight excluding hydrogens is 340 g/mol. The van der Waals surface area contributed by atoms with E-state index in [1.807, 2.05) is 0 Å². The first-order valence-electron chi connectivity index (χ1n) is 8.51. The minimum atomic E-state index is -0.284. The second kappa shape index (κ2) is 7.94. The summed E-state index contributed by atoms with van der Waals surface area (Å²) < 4.78 is 9.22. The Labute approximate surface area is 149 Å². The molecule has 9 nitrogen and oxygen atoms in total. The maximum atomic E-state index is 12.8. The zero-order valence-corrected chi connectivity index (χ0v) is 14.5. The number of hydrogen-bond donors (Lipinski definition) is 0. The van der Waals surface area contributed by atoms with Gasteiger partial charge in [-0.05, 0) is 47.8 Å². The van der Waals surface area contributed by atoms with Crippen LogP contribution in [0.5, 0.6) is 0 Å². The van der Waals surface area contributed by atoms with Crippen molar-refractivity contribution in [2.24, 2.45) is 0 Å². The molecule has 0 saturated carbocycles. The highest BCUT2D eigenvalue weighted by atomic mass is 16.6. The fourth-order valence-electron chi connectivity index (χ4n) is 2.92. The van der Waals surface area contributed by atoms with Gasteiger partial charge in [-0.15, -0.1) is 0 Å². The Morgan fingerprint density at radius 2 is 1.81 bits per heavy atom. The van der Waals surface area contributed by atoms with Crippen molar-refractivity contribution >= 4 is 28.8 Å². The van der Waals surface area contributed by atoms with Crippen molar-refractivity contribution in [1.82, 2.24) is 20.3 Å². The summed E-state index contributed by atoms with van der Waals surface area (Å²) in [5, 5.41) is 10.4. The van der Waals surface area contributed by atoms with Crippen LogP contribution in [-0.2, 0) is 14.3 Å². The van der Waals surface area contributed by atoms with Gasteiger partial charge in [0.15, 0.2) is 0 Å². The fourth-order valence-corrected chi connectivity index (χ4v) is 2.92. The van der Waals surface area contributed by atoms with Crippen LogP contribution in [0.25, 0.3) is 11.0 Å². The molecule has 0 bridgehead atoms. The first-order valence-corrected chi connectivity index (χ1v) is 8.51. The molecule has 0 radical (unpaired) electrons. The smallest absolute Gasteiger partial charge is 0.305 e. The lowest BCUT2D eigenvalue weighted by Gasteiger charge is -2.28. The third-order valence-electron chi connectivity index (χ3n) is 4.30. The Kier molecular flexibility index (Phi) is 5.45. The lowest BCUT2D eigenvalue weighted by Crippen LogP contribution is -2.44. The number of carbonyl (C=O) groups excluding carboxylic acids is 3. The normalized spacial score (nSPS) is 14.0. The van der Waals surface area contributed by atoms with Crippen molar-refractivity contribution in [1.29, 1.82) is 0 Å². The second-order valence-corrected chi connectivity index (χ2v) is 6.05. The van der Waals surface area contributed by atoms with Crippen molar-refractivity contribution in [3.8, 4) is 0 Å². The van der Waals surface area contributed by atoms with Gasteiger partial charge in [0.05, 0.1) is 7.11 Å². The number of hydrazine groups is 1. The highest BCUT2D eigenvalue weighted by Crippen LogP contribution is 2.19. The van der Waals surface area contributed by atoms with E-state index >= 15 is 0 Å². The zero-order valence-electron chi connectivity index (χ0n) is 14.5. The first-order chi connectivity index (χ1) is 12.6. The Hall–Kier alpha value is -2.97. The first kappa shape index (κ1) is 17.8. The van der Waals surface area contributed by atoms with Gasteiger partial charge in [0, 0.05) is 31.5 Å². The van der Waals surface area contributed by atoms with E-state index in [9.17, 15) is 14.4 Å². The number of hydrogen-bond acceptors (Lipinski definition) is 7. The molecule has 0 spiro atoms. The number of nitrogens with zero attached hydrogens (tertiary/aromatic N) is 4. The van der Waals surface area contributed by atoms with E-state index in [0.29, 0.717) is 42.5 Å². The van der Waals surface area contributed by atoms with E-state index in [4.69, 9.17) is 0 Å². The predicted octanol–water partition coefficient (Wildman–Crippen LogP) is 1.55. The van der Waals surface area contributed by atoms with Crippen LogP contribution >= 0.6 is 0 Å². The third-order valence-corrected chi connectivity index (χ3v) is 4.30. The van der Waals surface area contributed by atoms with Gasteiger partial charge in [-0.2, -0.15) is 0 Å². The van der Waals surface area contributed by atoms with E-state index in [2.05, 4.69) is 19.7 Å². The van der Waals surface area contributed by atoms with Crippen LogP contribution in [0.1, 0.15) is 42.5 Å². The number of carbonyl (C=O) groups is 3. The maximum Gasteiger partial charge on any atom is 0.305 e. The molecule has 2 amide bonds. The summed E-state index contributed by atoms with van der Waals surface area (Å²) in [5.74, 6) is -0.659. The number of amides is 2. The van der Waals surface area contributed by atoms with Crippen LogP contribution in [-0.4, -0.2) is 58.3 Å². The Bertz CT molecular complexity index is 818. The summed E-state index contributed by atoms with van der Waals surface area (Å²) in [6.45, 7) is 0.997. The highest BCUT2D eigenvalue weighted by molar-refractivity contribution is 5.98. The molecule has 0 N–H and O–H groups in total. The fraction of sp³-hybridized carbons (Fsp3) is 0.471. The molecule has 0 atom stereocenters. The van der Waals surface area contributed by atoms with Gasteiger partial charge in [-0.25, -0.2) is 9.64 Å². The molecule has 0 aliphatic carbocycles. The SMILES string of the molecule is COC(=O)CCCCC(=O)N1CCCN1C(=O)c1ccc2nonc2c1. The number of unbranched alkanes of at least 4 members (excludes halogenated alkanes) is 1. The Morgan fingerprint density at radius 1 is 1.08 bits per heavy atom. The molecule has 1 aromatic heterocycles. The Morgan fingerprint density at radius 3 is 2.62 bits per heavy atom. The van der Waals surface area contributed by atoms with E-state index in [1.165, 1.54) is 17.1 Å². The summed E-state index contributed by atoms with van der Waals surface area (Å²) in [4.78, 5) is 36.3. The number of aromatic nitrogens is 2. The summed E-state index contributed by atoms with van der Waals surface area (Å²) in [7, 11) is 1.34. The molecular formula is C17H20N4O5. The number of benzene rings is 1. The second-order valence-electron chi connectivity index (χ2n) is 6.05. The molecule has 1 aromatic carbocycles. The topological polar surface area (TPSA) is 106 Å². The minimum absolute atomic E-state index is 0.120. The number of rotatable bonds is 6. The van der Waals surface area contributed by atoms with Crippen LogP contribution in [0, 0.1) is 0 Å². The maximum absolute atomic E-state index is 12.8. The molecule has 0 unspecified atom stereocenters. The van der Waals surface area contributed by atoms with Crippen LogP contribution < -0.4 is 0 Å². The minimum Gasteiger partial charge on any atom is -0.469 e. The molecule has 1 saturated heterocycles. The standard InChI is InChI=1S/C17H20N4O5/c1-25-16(23)6-3-2-5-15(22)20-9-4-10-21(20)17(24)12-7-8-13-14(11-12)19-26-18-13/h7-8,11H,2-6,9-10H2,1H3. The summed E-state index contributed by atoms with van der Waals surface area (Å²) >= 11 is 0. The molecule has 1 fully saturated rings. The molecule has 26 heavy (non-hydrogen) atoms. The molecule has 1 aliphatic rings. The van der Waals surface area contributed by atoms with E-state index in [1.54, 1.807) is 18.2 Å². The number of methoxy groups -OCH3 is 1. The average Bonchev–Trinajstić information content (AvgIpc) is 3.32. The van der Waals surface area contributed by atoms with Gasteiger partial charge in [0.1, 0.15) is 11.0 Å². The van der Waals surface area contributed by atoms with Gasteiger partial charge < -0.3 is 4.74 Å². The van der Waals surface area contributed by atoms with Crippen molar-refractivity contribution in [2.45, 2.75) is 32.1 Å². The summed E-state index contributed by atoms with van der Waals surface area (Å²) in [6.07, 6.45) is 2.46. The van der Waals surface area contributed by atoms with E-state index in [0.717, 1.165) is 6.42 Å². The van der Waals surface area contributed by atoms with Gasteiger partial charge in [-0.1, -0.05) is 0 Å². The third kappa shape index (κ3) is 3.81. The molecule has 2 aromatic rings. The van der Waals surface area contributed by atoms with Crippen molar-refractivity contribution < 1.29 is 23.7 Å². The van der Waals surface area contributed by atoms with Crippen LogP contribution in [0.2, 0.25) is 0 Å². The average molecular weight is 360 g/mol. The highest BCUT2D eigenvalue weighted by Gasteiger charge is 2.31. The van der Waals surface area contributed by atoms with Gasteiger partial charge in [0.2, 0.25) is 5.91 Å². The van der Waals surface area contributed by atoms with E-state index in [-0.39, 0.29) is 30.6 Å². The Balaban J connectivity index is 1.60. The summed E-state index contributed by atoms with van der Waals surface area (Å²) in [5.41, 5.74) is 1.50. The van der Waals surface area contributed by atoms with Crippen LogP contribution in [0.4, 0.5) is 0 Å². The van der Waals surface area contributed by atoms with Gasteiger partial charge in [-0.3, -0.25) is 19.4 Å². The lowest BCUT2D eigenvalue weighted by atomic mass is 10.2. The van der Waals surface area contributed by atoms with Crippen molar-refractivity contribution in [3.05, 3.63) is 23.8 Å². The van der Waals surface area contributed by atoms with Crippen LogP contribution in [0.3, 0.4) is 0 Å². The lowest BCUT2D eigenvalue weighted by molar-refractivity contribution is -0.142. The van der Waals surface area contributed by atoms with Crippen LogP contribution in [0.15, 0.2) is 22.8 Å². The number of fused-ring (bicyclic) bond motifs is 1. The molecule has 2 heterocycles. The zero-order chi connectivity index (χ0) is 18.5. The van der Waals surface area contributed by atoms with E-state index < -0.39 is 0 Å². The molecule has 138 valence electrons. The predicted molar refractivity (Wildman–Crippen MR) is 89.7 cm³/mol. The van der Waals surface area contributed by atoms with Crippen molar-refractivity contribution in [3.63, 3.8) is 0 Å². The van der Waals surface area contributed by atoms with Gasteiger partial charge in [0.25, 0.3) is 5.91 Å².